The molecule has 0 saturated carbocycles. The van der Waals surface area contributed by atoms with Crippen LogP contribution in [-0.2, 0) is 36.4 Å². The average molecular weight is 508 g/mol. The second-order valence-electron chi connectivity index (χ2n) is 5.95. The molecule has 2 heterocycles. The van der Waals surface area contributed by atoms with Gasteiger partial charge >= 0.3 is 23.5 Å². The number of alkyl halides is 1. The summed E-state index contributed by atoms with van der Waals surface area (Å²) in [6.45, 7) is 2.18. The third-order valence-corrected chi connectivity index (χ3v) is 7.51. The van der Waals surface area contributed by atoms with E-state index in [1.54, 1.807) is 0 Å². The number of carbonyl (C=O) groups is 1. The summed E-state index contributed by atoms with van der Waals surface area (Å²) in [5, 5.41) is 12.4. The van der Waals surface area contributed by atoms with Crippen molar-refractivity contribution in [1.29, 1.82) is 0 Å². The summed E-state index contributed by atoms with van der Waals surface area (Å²) in [4.78, 5) is 47.9. The Labute approximate surface area is 173 Å². The van der Waals surface area contributed by atoms with Gasteiger partial charge in [0.1, 0.15) is 18.5 Å². The summed E-state index contributed by atoms with van der Waals surface area (Å²) in [5.41, 5.74) is -2.44. The molecule has 6 atom stereocenters. The molecule has 2 aliphatic heterocycles. The fourth-order valence-electron chi connectivity index (χ4n) is 2.46. The molecule has 15 nitrogen and oxygen atoms in total. The Morgan fingerprint density at radius 3 is 2.42 bits per heavy atom. The van der Waals surface area contributed by atoms with Crippen LogP contribution in [0.5, 0.6) is 0 Å². The Bertz CT molecular complexity index is 975. The minimum atomic E-state index is -5.80. The molecular weight excluding hydrogens is 492 g/mol. The van der Waals surface area contributed by atoms with Gasteiger partial charge in [0.05, 0.1) is 0 Å². The first-order valence-electron chi connectivity index (χ1n) is 7.73. The van der Waals surface area contributed by atoms with Gasteiger partial charge < -0.3 is 39.6 Å². The van der Waals surface area contributed by atoms with Crippen LogP contribution < -0.4 is 5.32 Å². The maximum atomic E-state index is 14.7. The molecule has 2 rings (SSSR count). The summed E-state index contributed by atoms with van der Waals surface area (Å²) in [5.74, 6) is 1.12. The first-order valence-corrected chi connectivity index (χ1v) is 12.3. The van der Waals surface area contributed by atoms with E-state index in [0.717, 1.165) is 17.2 Å². The summed E-state index contributed by atoms with van der Waals surface area (Å²) in [6.07, 6.45) is 1.19. The number of nitrogens with zero attached hydrogens (tertiary/aromatic N) is 1. The summed E-state index contributed by atoms with van der Waals surface area (Å²) < 4.78 is 65.2. The highest BCUT2D eigenvalue weighted by atomic mass is 31.3. The van der Waals surface area contributed by atoms with Crippen molar-refractivity contribution in [2.45, 2.75) is 24.1 Å². The maximum Gasteiger partial charge on any atom is 0.490 e. The van der Waals surface area contributed by atoms with Crippen molar-refractivity contribution in [3.05, 3.63) is 24.7 Å². The third-order valence-electron chi connectivity index (χ3n) is 3.73. The molecule has 3 unspecified atom stereocenters. The standard InChI is InChI=1S/C12H16FN2O13P3/c1-3-12(6-25-30(21,22)28-31(23,24)27-29(18,19)20)10(17)9(13)11(26-12)15-5-4-8(16)14-7(15)2/h1,4-5,9-11,17H,2,6H2,(H,14,16)(H,21,22)(H,23,24)(H2,18,19,20)/t9?,10-,11-,12-/m1/s1. The quantitative estimate of drug-likeness (QED) is 0.174. The molecule has 1 fully saturated rings. The molecule has 19 heteroatoms. The van der Waals surface area contributed by atoms with E-state index in [9.17, 15) is 32.9 Å². The number of nitrogens with one attached hydrogen (secondary N) is 1. The second-order valence-corrected chi connectivity index (χ2v) is 10.4. The van der Waals surface area contributed by atoms with E-state index in [2.05, 4.69) is 25.0 Å². The molecule has 31 heavy (non-hydrogen) atoms. The largest absolute Gasteiger partial charge is 0.490 e. The van der Waals surface area contributed by atoms with Crippen LogP contribution >= 0.6 is 23.5 Å². The van der Waals surface area contributed by atoms with Crippen LogP contribution in [0.15, 0.2) is 24.7 Å². The first-order chi connectivity index (χ1) is 14.0. The van der Waals surface area contributed by atoms with Gasteiger partial charge in [-0.1, -0.05) is 12.5 Å². The smallest absolute Gasteiger partial charge is 0.386 e. The van der Waals surface area contributed by atoms with Crippen LogP contribution in [0.3, 0.4) is 0 Å². The Kier molecular flexibility index (Phi) is 7.36. The molecule has 174 valence electrons. The third kappa shape index (κ3) is 6.30. The number of amides is 1. The fraction of sp³-hybridized carbons (Fsp3) is 0.417. The van der Waals surface area contributed by atoms with E-state index in [4.69, 9.17) is 25.8 Å². The van der Waals surface area contributed by atoms with Crippen LogP contribution in [0.4, 0.5) is 4.39 Å². The second kappa shape index (κ2) is 8.84. The Morgan fingerprint density at radius 2 is 1.90 bits per heavy atom. The van der Waals surface area contributed by atoms with Crippen LogP contribution in [-0.4, -0.2) is 66.2 Å². The molecule has 1 amide bonds. The van der Waals surface area contributed by atoms with Crippen molar-refractivity contribution in [3.63, 3.8) is 0 Å². The zero-order chi connectivity index (χ0) is 23.8. The molecule has 0 spiro atoms. The molecule has 6 N–H and O–H groups in total. The van der Waals surface area contributed by atoms with Crippen LogP contribution in [0.25, 0.3) is 0 Å². The Morgan fingerprint density at radius 1 is 1.29 bits per heavy atom. The number of ether oxygens (including phenoxy) is 1. The highest BCUT2D eigenvalue weighted by molar-refractivity contribution is 7.66. The van der Waals surface area contributed by atoms with Crippen molar-refractivity contribution >= 4 is 29.4 Å². The van der Waals surface area contributed by atoms with Crippen LogP contribution in [0.2, 0.25) is 0 Å². The summed E-state index contributed by atoms with van der Waals surface area (Å²) >= 11 is 0. The number of halogens is 1. The van der Waals surface area contributed by atoms with Crippen molar-refractivity contribution < 1.29 is 65.4 Å². The molecular formula is C12H16FN2O13P3. The normalized spacial score (nSPS) is 32.8. The van der Waals surface area contributed by atoms with Gasteiger partial charge in [-0.05, 0) is 0 Å². The van der Waals surface area contributed by atoms with Crippen molar-refractivity contribution in [2.24, 2.45) is 0 Å². The van der Waals surface area contributed by atoms with E-state index in [1.807, 2.05) is 5.92 Å². The molecule has 1 saturated heterocycles. The van der Waals surface area contributed by atoms with Crippen LogP contribution in [0, 0.1) is 12.3 Å². The molecule has 2 aliphatic rings. The number of rotatable bonds is 8. The van der Waals surface area contributed by atoms with Gasteiger partial charge in [0.2, 0.25) is 0 Å². The molecule has 0 aromatic heterocycles. The van der Waals surface area contributed by atoms with Crippen LogP contribution in [0.1, 0.15) is 0 Å². The van der Waals surface area contributed by atoms with Gasteiger partial charge in [0, 0.05) is 12.3 Å². The molecule has 0 aromatic carbocycles. The van der Waals surface area contributed by atoms with Gasteiger partial charge in [-0.2, -0.15) is 8.62 Å². The van der Waals surface area contributed by atoms with Gasteiger partial charge in [-0.15, -0.1) is 6.42 Å². The number of phosphoric acid groups is 3. The zero-order valence-electron chi connectivity index (χ0n) is 15.0. The maximum absolute atomic E-state index is 14.7. The van der Waals surface area contributed by atoms with Gasteiger partial charge in [-0.25, -0.2) is 18.1 Å². The van der Waals surface area contributed by atoms with Gasteiger partial charge in [0.15, 0.2) is 18.0 Å². The van der Waals surface area contributed by atoms with E-state index in [1.165, 1.54) is 0 Å². The van der Waals surface area contributed by atoms with Gasteiger partial charge in [-0.3, -0.25) is 9.32 Å². The molecule has 0 aromatic rings. The van der Waals surface area contributed by atoms with E-state index in [0.29, 0.717) is 0 Å². The SMILES string of the molecule is C#C[C@]1(COP(=O)(O)OP(=O)(O)OP(=O)(O)O)O[C@@H](N2C=CC(=O)NC2=C)C(F)[C@H]1O. The molecule has 0 bridgehead atoms. The minimum Gasteiger partial charge on any atom is -0.386 e. The van der Waals surface area contributed by atoms with Crippen molar-refractivity contribution in [3.8, 4) is 12.3 Å². The highest BCUT2D eigenvalue weighted by Gasteiger charge is 2.58. The number of hydrogen-bond donors (Lipinski definition) is 6. The molecule has 0 radical (unpaired) electrons. The van der Waals surface area contributed by atoms with Crippen molar-refractivity contribution in [2.75, 3.05) is 6.61 Å². The monoisotopic (exact) mass is 508 g/mol. The number of aliphatic hydroxyl groups excluding tert-OH is 1. The lowest BCUT2D eigenvalue weighted by molar-refractivity contribution is -0.120. The number of terminal acetylenes is 1. The number of phosphoric ester groups is 1. The number of hydrogen-bond acceptors (Lipinski definition) is 10. The number of aliphatic hydroxyl groups is 1. The van der Waals surface area contributed by atoms with E-state index >= 15 is 0 Å². The predicted molar refractivity (Wildman–Crippen MR) is 95.4 cm³/mol. The lowest BCUT2D eigenvalue weighted by Gasteiger charge is -2.32. The number of carbonyl (C=O) groups excluding carboxylic acids is 1. The fourth-order valence-corrected chi connectivity index (χ4v) is 5.51. The highest BCUT2D eigenvalue weighted by Crippen LogP contribution is 2.66. The lowest BCUT2D eigenvalue weighted by atomic mass is 9.98. The Hall–Kier alpha value is -1.43. The summed E-state index contributed by atoms with van der Waals surface area (Å²) in [6, 6.07) is 0. The van der Waals surface area contributed by atoms with E-state index in [-0.39, 0.29) is 5.82 Å². The van der Waals surface area contributed by atoms with Crippen molar-refractivity contribution in [1.82, 2.24) is 10.2 Å². The van der Waals surface area contributed by atoms with Gasteiger partial charge in [0.25, 0.3) is 5.91 Å². The Balaban J connectivity index is 2.16. The predicted octanol–water partition coefficient (Wildman–Crippen LogP) is -0.826. The molecule has 0 aliphatic carbocycles. The lowest BCUT2D eigenvalue weighted by Crippen LogP contribution is -2.45. The topological polar surface area (TPSA) is 222 Å². The van der Waals surface area contributed by atoms with E-state index < -0.39 is 60.1 Å². The minimum absolute atomic E-state index is 0.145. The summed E-state index contributed by atoms with van der Waals surface area (Å²) in [7, 11) is -17.0. The first kappa shape index (κ1) is 25.8. The average Bonchev–Trinajstić information content (AvgIpc) is 2.82. The zero-order valence-corrected chi connectivity index (χ0v) is 17.7.